The lowest BCUT2D eigenvalue weighted by molar-refractivity contribution is 0.733. The zero-order valence-corrected chi connectivity index (χ0v) is 12.4. The van der Waals surface area contributed by atoms with Crippen molar-refractivity contribution in [1.82, 2.24) is 9.55 Å². The molecule has 3 heteroatoms. The van der Waals surface area contributed by atoms with E-state index in [1.165, 1.54) is 11.1 Å². The van der Waals surface area contributed by atoms with Gasteiger partial charge in [-0.15, -0.1) is 0 Å². The minimum atomic E-state index is 0.565. The van der Waals surface area contributed by atoms with E-state index in [9.17, 15) is 0 Å². The molecule has 21 heavy (non-hydrogen) atoms. The Morgan fingerprint density at radius 1 is 1.00 bits per heavy atom. The SMILES string of the molecule is Cn1c(CCCc2ccccc2)nc2cc(CN)ccc21. The summed E-state index contributed by atoms with van der Waals surface area (Å²) in [6.45, 7) is 0.565. The van der Waals surface area contributed by atoms with Crippen LogP contribution in [-0.4, -0.2) is 9.55 Å². The predicted molar refractivity (Wildman–Crippen MR) is 87.1 cm³/mol. The highest BCUT2D eigenvalue weighted by Gasteiger charge is 2.08. The maximum Gasteiger partial charge on any atom is 0.109 e. The van der Waals surface area contributed by atoms with Crippen molar-refractivity contribution in [2.75, 3.05) is 0 Å². The van der Waals surface area contributed by atoms with Gasteiger partial charge in [-0.25, -0.2) is 4.98 Å². The number of hydrogen-bond acceptors (Lipinski definition) is 2. The van der Waals surface area contributed by atoms with E-state index in [2.05, 4.69) is 60.1 Å². The average Bonchev–Trinajstić information content (AvgIpc) is 2.84. The molecule has 0 atom stereocenters. The number of nitrogens with two attached hydrogens (primary N) is 1. The summed E-state index contributed by atoms with van der Waals surface area (Å²) in [5.74, 6) is 1.15. The molecule has 0 amide bonds. The van der Waals surface area contributed by atoms with Crippen LogP contribution in [0.3, 0.4) is 0 Å². The van der Waals surface area contributed by atoms with Gasteiger partial charge < -0.3 is 10.3 Å². The monoisotopic (exact) mass is 279 g/mol. The second kappa shape index (κ2) is 6.10. The van der Waals surface area contributed by atoms with E-state index in [0.29, 0.717) is 6.54 Å². The van der Waals surface area contributed by atoms with Crippen molar-refractivity contribution in [2.45, 2.75) is 25.8 Å². The van der Waals surface area contributed by atoms with E-state index in [4.69, 9.17) is 10.7 Å². The van der Waals surface area contributed by atoms with E-state index >= 15 is 0 Å². The smallest absolute Gasteiger partial charge is 0.109 e. The lowest BCUT2D eigenvalue weighted by Crippen LogP contribution is -1.99. The van der Waals surface area contributed by atoms with Gasteiger partial charge in [0.15, 0.2) is 0 Å². The van der Waals surface area contributed by atoms with E-state index in [0.717, 1.165) is 36.2 Å². The van der Waals surface area contributed by atoms with Crippen LogP contribution in [0.2, 0.25) is 0 Å². The van der Waals surface area contributed by atoms with Crippen LogP contribution in [0.1, 0.15) is 23.4 Å². The molecule has 0 aliphatic carbocycles. The molecule has 3 aromatic rings. The van der Waals surface area contributed by atoms with Gasteiger partial charge in [0.2, 0.25) is 0 Å². The Hall–Kier alpha value is -2.13. The number of hydrogen-bond donors (Lipinski definition) is 1. The summed E-state index contributed by atoms with van der Waals surface area (Å²) in [4.78, 5) is 4.76. The van der Waals surface area contributed by atoms with Crippen molar-refractivity contribution in [3.8, 4) is 0 Å². The van der Waals surface area contributed by atoms with E-state index in [-0.39, 0.29) is 0 Å². The van der Waals surface area contributed by atoms with Crippen LogP contribution >= 0.6 is 0 Å². The van der Waals surface area contributed by atoms with Gasteiger partial charge in [-0.1, -0.05) is 36.4 Å². The molecule has 1 heterocycles. The maximum absolute atomic E-state index is 5.70. The molecule has 2 aromatic carbocycles. The number of fused-ring (bicyclic) bond motifs is 1. The maximum atomic E-state index is 5.70. The Balaban J connectivity index is 1.73. The van der Waals surface area contributed by atoms with Gasteiger partial charge in [0, 0.05) is 20.0 Å². The molecule has 0 radical (unpaired) electrons. The lowest BCUT2D eigenvalue weighted by Gasteiger charge is -2.03. The standard InChI is InChI=1S/C18H21N3/c1-21-17-11-10-15(13-19)12-16(17)20-18(21)9-5-8-14-6-3-2-4-7-14/h2-4,6-7,10-12H,5,8-9,13,19H2,1H3. The molecule has 0 aliphatic heterocycles. The van der Waals surface area contributed by atoms with Crippen LogP contribution in [-0.2, 0) is 26.4 Å². The summed E-state index contributed by atoms with van der Waals surface area (Å²) in [6.07, 6.45) is 3.21. The minimum Gasteiger partial charge on any atom is -0.331 e. The molecule has 0 aliphatic rings. The van der Waals surface area contributed by atoms with Gasteiger partial charge in [-0.05, 0) is 36.1 Å². The quantitative estimate of drug-likeness (QED) is 0.779. The third-order valence-electron chi connectivity index (χ3n) is 3.98. The molecular formula is C18H21N3. The van der Waals surface area contributed by atoms with Crippen LogP contribution in [0, 0.1) is 0 Å². The third kappa shape index (κ3) is 2.98. The fraction of sp³-hybridized carbons (Fsp3) is 0.278. The summed E-state index contributed by atoms with van der Waals surface area (Å²) in [6, 6.07) is 16.9. The van der Waals surface area contributed by atoms with Crippen molar-refractivity contribution >= 4 is 11.0 Å². The largest absolute Gasteiger partial charge is 0.331 e. The average molecular weight is 279 g/mol. The van der Waals surface area contributed by atoms with Crippen molar-refractivity contribution in [2.24, 2.45) is 12.8 Å². The molecule has 3 nitrogen and oxygen atoms in total. The number of benzene rings is 2. The van der Waals surface area contributed by atoms with Gasteiger partial charge >= 0.3 is 0 Å². The van der Waals surface area contributed by atoms with Gasteiger partial charge in [0.1, 0.15) is 5.82 Å². The Morgan fingerprint density at radius 3 is 2.57 bits per heavy atom. The van der Waals surface area contributed by atoms with E-state index < -0.39 is 0 Å². The van der Waals surface area contributed by atoms with Crippen molar-refractivity contribution in [3.63, 3.8) is 0 Å². The molecular weight excluding hydrogens is 258 g/mol. The molecule has 0 saturated heterocycles. The number of rotatable bonds is 5. The van der Waals surface area contributed by atoms with E-state index in [1.807, 2.05) is 0 Å². The number of imidazole rings is 1. The van der Waals surface area contributed by atoms with Crippen molar-refractivity contribution in [1.29, 1.82) is 0 Å². The molecule has 0 saturated carbocycles. The first-order chi connectivity index (χ1) is 10.3. The predicted octanol–water partition coefficient (Wildman–Crippen LogP) is 3.21. The van der Waals surface area contributed by atoms with Crippen LogP contribution in [0.15, 0.2) is 48.5 Å². The first-order valence-corrected chi connectivity index (χ1v) is 7.46. The first kappa shape index (κ1) is 13.8. The number of aryl methyl sites for hydroxylation is 3. The molecule has 1 aromatic heterocycles. The molecule has 0 spiro atoms. The molecule has 0 fully saturated rings. The Morgan fingerprint density at radius 2 is 1.81 bits per heavy atom. The highest BCUT2D eigenvalue weighted by molar-refractivity contribution is 5.76. The van der Waals surface area contributed by atoms with Crippen LogP contribution in [0.4, 0.5) is 0 Å². The molecule has 108 valence electrons. The zero-order valence-electron chi connectivity index (χ0n) is 12.4. The highest BCUT2D eigenvalue weighted by Crippen LogP contribution is 2.18. The van der Waals surface area contributed by atoms with Crippen molar-refractivity contribution < 1.29 is 0 Å². The second-order valence-electron chi connectivity index (χ2n) is 5.45. The van der Waals surface area contributed by atoms with Gasteiger partial charge in [-0.2, -0.15) is 0 Å². The summed E-state index contributed by atoms with van der Waals surface area (Å²) in [5, 5.41) is 0. The summed E-state index contributed by atoms with van der Waals surface area (Å²) in [7, 11) is 2.09. The first-order valence-electron chi connectivity index (χ1n) is 7.46. The topological polar surface area (TPSA) is 43.8 Å². The third-order valence-corrected chi connectivity index (χ3v) is 3.98. The fourth-order valence-electron chi connectivity index (χ4n) is 2.74. The summed E-state index contributed by atoms with van der Waals surface area (Å²) in [5.41, 5.74) is 10.5. The lowest BCUT2D eigenvalue weighted by atomic mass is 10.1. The minimum absolute atomic E-state index is 0.565. The number of aromatic nitrogens is 2. The van der Waals surface area contributed by atoms with Gasteiger partial charge in [0.05, 0.1) is 11.0 Å². The Bertz CT molecular complexity index is 729. The van der Waals surface area contributed by atoms with Gasteiger partial charge in [0.25, 0.3) is 0 Å². The Labute approximate surface area is 125 Å². The molecule has 0 bridgehead atoms. The number of nitrogens with zero attached hydrogens (tertiary/aromatic N) is 2. The van der Waals surface area contributed by atoms with E-state index in [1.54, 1.807) is 0 Å². The Kier molecular flexibility index (Phi) is 4.02. The normalized spacial score (nSPS) is 11.1. The van der Waals surface area contributed by atoms with Crippen molar-refractivity contribution in [3.05, 3.63) is 65.5 Å². The van der Waals surface area contributed by atoms with Crippen LogP contribution in [0.25, 0.3) is 11.0 Å². The fourth-order valence-corrected chi connectivity index (χ4v) is 2.74. The zero-order chi connectivity index (χ0) is 14.7. The van der Waals surface area contributed by atoms with Gasteiger partial charge in [-0.3, -0.25) is 0 Å². The molecule has 0 unspecified atom stereocenters. The highest BCUT2D eigenvalue weighted by atomic mass is 15.1. The molecule has 2 N–H and O–H groups in total. The summed E-state index contributed by atoms with van der Waals surface area (Å²) >= 11 is 0. The molecule has 3 rings (SSSR count). The second-order valence-corrected chi connectivity index (χ2v) is 5.45. The summed E-state index contributed by atoms with van der Waals surface area (Å²) < 4.78 is 2.20. The van der Waals surface area contributed by atoms with Crippen LogP contribution in [0.5, 0.6) is 0 Å². The van der Waals surface area contributed by atoms with Crippen LogP contribution < -0.4 is 5.73 Å².